The molecule has 3 N–H and O–H groups in total. The van der Waals surface area contributed by atoms with Crippen LogP contribution in [-0.4, -0.2) is 41.0 Å². The number of carboxylic acids is 1. The van der Waals surface area contributed by atoms with Crippen molar-refractivity contribution in [2.45, 2.75) is 31.7 Å². The van der Waals surface area contributed by atoms with Crippen molar-refractivity contribution >= 4 is 11.9 Å². The van der Waals surface area contributed by atoms with Crippen LogP contribution in [0, 0.1) is 5.92 Å². The summed E-state index contributed by atoms with van der Waals surface area (Å²) in [7, 11) is 0. The molecule has 0 spiro atoms. The fraction of sp³-hybridized carbons (Fsp3) is 0.364. The summed E-state index contributed by atoms with van der Waals surface area (Å²) < 4.78 is 0. The van der Waals surface area contributed by atoms with Crippen LogP contribution in [0.5, 0.6) is 0 Å². The third-order valence-electron chi connectivity index (χ3n) is 5.70. The van der Waals surface area contributed by atoms with Crippen molar-refractivity contribution < 1.29 is 14.7 Å². The van der Waals surface area contributed by atoms with Gasteiger partial charge < -0.3 is 10.8 Å². The van der Waals surface area contributed by atoms with Gasteiger partial charge in [-0.2, -0.15) is 0 Å². The summed E-state index contributed by atoms with van der Waals surface area (Å²) >= 11 is 0. The van der Waals surface area contributed by atoms with Crippen LogP contribution in [0.25, 0.3) is 0 Å². The van der Waals surface area contributed by atoms with E-state index in [1.165, 1.54) is 5.56 Å². The van der Waals surface area contributed by atoms with Crippen LogP contribution < -0.4 is 5.73 Å². The summed E-state index contributed by atoms with van der Waals surface area (Å²) in [6, 6.07) is 18.2. The maximum Gasteiger partial charge on any atom is 0.304 e. The first-order chi connectivity index (χ1) is 13.0. The van der Waals surface area contributed by atoms with Gasteiger partial charge in [-0.15, -0.1) is 0 Å². The number of aliphatic carboxylic acids is 1. The van der Waals surface area contributed by atoms with Gasteiger partial charge in [-0.05, 0) is 49.1 Å². The zero-order valence-electron chi connectivity index (χ0n) is 15.5. The summed E-state index contributed by atoms with van der Waals surface area (Å²) in [5, 5.41) is 9.00. The number of carbonyl (C=O) groups excluding carboxylic acids is 1. The van der Waals surface area contributed by atoms with E-state index >= 15 is 0 Å². The Bertz CT molecular complexity index is 789. The van der Waals surface area contributed by atoms with Gasteiger partial charge in [0.25, 0.3) is 0 Å². The number of carbonyl (C=O) groups is 2. The molecule has 5 nitrogen and oxygen atoms in total. The molecule has 0 radical (unpaired) electrons. The number of nitrogens with two attached hydrogens (primary N) is 1. The molecule has 3 atom stereocenters. The normalized spacial score (nSPS) is 21.1. The lowest BCUT2D eigenvalue weighted by atomic mass is 9.77. The predicted octanol–water partition coefficient (Wildman–Crippen LogP) is 3.10. The van der Waals surface area contributed by atoms with Crippen molar-refractivity contribution in [3.63, 3.8) is 0 Å². The van der Waals surface area contributed by atoms with Crippen LogP contribution >= 0.6 is 0 Å². The highest BCUT2D eigenvalue weighted by Gasteiger charge is 2.37. The number of amides is 1. The van der Waals surface area contributed by atoms with Crippen LogP contribution in [0.1, 0.15) is 47.2 Å². The third kappa shape index (κ3) is 4.37. The van der Waals surface area contributed by atoms with Crippen LogP contribution in [0.3, 0.4) is 0 Å². The van der Waals surface area contributed by atoms with Gasteiger partial charge in [0.15, 0.2) is 0 Å². The van der Waals surface area contributed by atoms with E-state index in [9.17, 15) is 9.59 Å². The lowest BCUT2D eigenvalue weighted by Crippen LogP contribution is -2.34. The van der Waals surface area contributed by atoms with E-state index in [0.717, 1.165) is 18.5 Å². The zero-order valence-corrected chi connectivity index (χ0v) is 15.5. The van der Waals surface area contributed by atoms with E-state index < -0.39 is 11.9 Å². The van der Waals surface area contributed by atoms with Crippen molar-refractivity contribution in [1.82, 2.24) is 4.90 Å². The lowest BCUT2D eigenvalue weighted by molar-refractivity contribution is -0.137. The Morgan fingerprint density at radius 1 is 1.11 bits per heavy atom. The molecule has 142 valence electrons. The largest absolute Gasteiger partial charge is 0.481 e. The first kappa shape index (κ1) is 19.1. The molecule has 27 heavy (non-hydrogen) atoms. The summed E-state index contributed by atoms with van der Waals surface area (Å²) in [4.78, 5) is 24.6. The van der Waals surface area contributed by atoms with Gasteiger partial charge in [0.05, 0.1) is 6.42 Å². The fourth-order valence-corrected chi connectivity index (χ4v) is 4.23. The molecule has 1 fully saturated rings. The number of benzene rings is 2. The maximum absolute atomic E-state index is 11.4. The molecule has 5 heteroatoms. The molecule has 1 amide bonds. The molecule has 1 aliphatic heterocycles. The molecule has 1 saturated heterocycles. The number of hydrogen-bond acceptors (Lipinski definition) is 3. The van der Waals surface area contributed by atoms with Gasteiger partial charge in [-0.3, -0.25) is 14.5 Å². The Hall–Kier alpha value is -2.66. The first-order valence-corrected chi connectivity index (χ1v) is 9.38. The third-order valence-corrected chi connectivity index (χ3v) is 5.70. The quantitative estimate of drug-likeness (QED) is 0.789. The molecule has 2 aromatic carbocycles. The second-order valence-corrected chi connectivity index (χ2v) is 7.25. The van der Waals surface area contributed by atoms with Crippen molar-refractivity contribution in [1.29, 1.82) is 0 Å². The van der Waals surface area contributed by atoms with Crippen molar-refractivity contribution in [2.75, 3.05) is 13.1 Å². The molecule has 2 aromatic rings. The Kier molecular flexibility index (Phi) is 5.91. The second-order valence-electron chi connectivity index (χ2n) is 7.25. The van der Waals surface area contributed by atoms with E-state index in [0.29, 0.717) is 18.0 Å². The Morgan fingerprint density at radius 3 is 2.33 bits per heavy atom. The Labute approximate surface area is 159 Å². The highest BCUT2D eigenvalue weighted by Crippen LogP contribution is 2.41. The minimum absolute atomic E-state index is 0.167. The molecule has 3 rings (SSSR count). The van der Waals surface area contributed by atoms with E-state index in [1.54, 1.807) is 12.1 Å². The molecule has 1 heterocycles. The number of hydrogen-bond donors (Lipinski definition) is 2. The van der Waals surface area contributed by atoms with Crippen molar-refractivity contribution in [2.24, 2.45) is 11.7 Å². The second kappa shape index (κ2) is 8.35. The van der Waals surface area contributed by atoms with E-state index in [4.69, 9.17) is 10.8 Å². The number of carboxylic acid groups (broad SMARTS) is 1. The molecular formula is C22H26N2O3. The molecule has 1 aliphatic rings. The molecule has 0 saturated carbocycles. The van der Waals surface area contributed by atoms with Gasteiger partial charge in [-0.1, -0.05) is 42.5 Å². The Balaban J connectivity index is 1.89. The van der Waals surface area contributed by atoms with E-state index in [2.05, 4.69) is 24.0 Å². The molecule has 0 aromatic heterocycles. The summed E-state index contributed by atoms with van der Waals surface area (Å²) in [6.07, 6.45) is 1.18. The summed E-state index contributed by atoms with van der Waals surface area (Å²) in [5.74, 6) is -0.613. The van der Waals surface area contributed by atoms with Gasteiger partial charge in [0, 0.05) is 24.1 Å². The number of nitrogens with zero attached hydrogens (tertiary/aromatic N) is 1. The molecule has 0 aliphatic carbocycles. The van der Waals surface area contributed by atoms with Crippen LogP contribution in [0.15, 0.2) is 54.6 Å². The summed E-state index contributed by atoms with van der Waals surface area (Å²) in [5.41, 5.74) is 8.28. The smallest absolute Gasteiger partial charge is 0.304 e. The van der Waals surface area contributed by atoms with Gasteiger partial charge in [-0.25, -0.2) is 0 Å². The number of likely N-dealkylation sites (tertiary alicyclic amines) is 1. The minimum Gasteiger partial charge on any atom is -0.481 e. The molecule has 0 bridgehead atoms. The minimum atomic E-state index is -0.757. The number of rotatable bonds is 7. The van der Waals surface area contributed by atoms with E-state index in [-0.39, 0.29) is 18.4 Å². The van der Waals surface area contributed by atoms with Crippen LogP contribution in [0.2, 0.25) is 0 Å². The standard InChI is InChI=1S/C22H26N2O3/c1-15-19(11-13-24(15)14-12-20(25)26)21(16-5-3-2-4-6-16)17-7-9-18(10-8-17)22(23)27/h2-10,15,19,21H,11-14H2,1H3,(H2,23,27)(H,25,26)/t15-,19+,21-/m0/s1. The Morgan fingerprint density at radius 2 is 1.74 bits per heavy atom. The average molecular weight is 366 g/mol. The topological polar surface area (TPSA) is 83.6 Å². The summed E-state index contributed by atoms with van der Waals surface area (Å²) in [6.45, 7) is 3.67. The molecular weight excluding hydrogens is 340 g/mol. The fourth-order valence-electron chi connectivity index (χ4n) is 4.23. The van der Waals surface area contributed by atoms with E-state index in [1.807, 2.05) is 30.3 Å². The number of primary amides is 1. The monoisotopic (exact) mass is 366 g/mol. The van der Waals surface area contributed by atoms with Gasteiger partial charge in [0.1, 0.15) is 0 Å². The van der Waals surface area contributed by atoms with Crippen LogP contribution in [-0.2, 0) is 4.79 Å². The maximum atomic E-state index is 11.4. The van der Waals surface area contributed by atoms with Gasteiger partial charge >= 0.3 is 5.97 Å². The predicted molar refractivity (Wildman–Crippen MR) is 105 cm³/mol. The van der Waals surface area contributed by atoms with Crippen molar-refractivity contribution in [3.8, 4) is 0 Å². The lowest BCUT2D eigenvalue weighted by Gasteiger charge is -2.31. The highest BCUT2D eigenvalue weighted by molar-refractivity contribution is 5.92. The zero-order chi connectivity index (χ0) is 19.4. The highest BCUT2D eigenvalue weighted by atomic mass is 16.4. The average Bonchev–Trinajstić information content (AvgIpc) is 3.02. The SMILES string of the molecule is C[C@H]1[C@H]([C@@H](c2ccccc2)c2ccc(C(N)=O)cc2)CCN1CCC(=O)O. The van der Waals surface area contributed by atoms with Crippen molar-refractivity contribution in [3.05, 3.63) is 71.3 Å². The molecule has 0 unspecified atom stereocenters. The first-order valence-electron chi connectivity index (χ1n) is 9.38. The van der Waals surface area contributed by atoms with Crippen LogP contribution in [0.4, 0.5) is 0 Å². The van der Waals surface area contributed by atoms with Gasteiger partial charge in [0.2, 0.25) is 5.91 Å².